The monoisotopic (exact) mass is 861 g/mol. The summed E-state index contributed by atoms with van der Waals surface area (Å²) >= 11 is 0. The van der Waals surface area contributed by atoms with E-state index in [1.807, 2.05) is 0 Å². The Morgan fingerprint density at radius 3 is 1.61 bits per heavy atom. The standard InChI is InChI=1S/C65H51NO/c1-63(2,3)43-28-33-51-52-34-29-44(64(4,5)6)38-57(52)65(56(51)37-43)55-24-13-11-21-50(55)53-35-32-46(39-58(53)65)66(45-30-26-41(27-31-45)48-23-15-18-40-16-7-9-19-47(40)48)59-36-42-17-8-10-20-49(42)61-54-22-12-14-25-60(54)67-62(59)61/h7-39H,1-6H3. The summed E-state index contributed by atoms with van der Waals surface area (Å²) in [5.41, 5.74) is 19.9. The van der Waals surface area contributed by atoms with Gasteiger partial charge in [0.25, 0.3) is 0 Å². The zero-order chi connectivity index (χ0) is 45.4. The van der Waals surface area contributed by atoms with E-state index in [-0.39, 0.29) is 10.8 Å². The lowest BCUT2D eigenvalue weighted by Crippen LogP contribution is -2.27. The van der Waals surface area contributed by atoms with Gasteiger partial charge in [-0.2, -0.15) is 0 Å². The number of para-hydroxylation sites is 1. The number of benzene rings is 10. The Morgan fingerprint density at radius 2 is 0.910 bits per heavy atom. The van der Waals surface area contributed by atoms with Crippen molar-refractivity contribution in [1.82, 2.24) is 0 Å². The molecule has 67 heavy (non-hydrogen) atoms. The molecule has 2 heteroatoms. The maximum absolute atomic E-state index is 7.03. The molecule has 0 unspecified atom stereocenters. The smallest absolute Gasteiger partial charge is 0.160 e. The van der Waals surface area contributed by atoms with Crippen molar-refractivity contribution in [1.29, 1.82) is 0 Å². The van der Waals surface area contributed by atoms with Crippen LogP contribution >= 0.6 is 0 Å². The van der Waals surface area contributed by atoms with Gasteiger partial charge in [-0.15, -0.1) is 0 Å². The highest BCUT2D eigenvalue weighted by atomic mass is 16.3. The Hall–Kier alpha value is -7.68. The van der Waals surface area contributed by atoms with Crippen molar-refractivity contribution < 1.29 is 4.42 Å². The zero-order valence-corrected chi connectivity index (χ0v) is 38.9. The molecule has 0 aliphatic heterocycles. The van der Waals surface area contributed by atoms with Gasteiger partial charge in [0.15, 0.2) is 5.58 Å². The number of rotatable bonds is 4. The van der Waals surface area contributed by atoms with Crippen LogP contribution < -0.4 is 4.90 Å². The summed E-state index contributed by atoms with van der Waals surface area (Å²) in [5.74, 6) is 0. The number of hydrogen-bond acceptors (Lipinski definition) is 2. The summed E-state index contributed by atoms with van der Waals surface area (Å²) in [5, 5.41) is 7.09. The van der Waals surface area contributed by atoms with E-state index in [0.29, 0.717) is 0 Å². The van der Waals surface area contributed by atoms with Gasteiger partial charge in [0, 0.05) is 22.1 Å². The van der Waals surface area contributed by atoms with Gasteiger partial charge in [0.1, 0.15) is 5.58 Å². The van der Waals surface area contributed by atoms with Crippen molar-refractivity contribution in [2.24, 2.45) is 0 Å². The first-order chi connectivity index (χ1) is 32.5. The van der Waals surface area contributed by atoms with E-state index >= 15 is 0 Å². The van der Waals surface area contributed by atoms with Crippen molar-refractivity contribution >= 4 is 60.5 Å². The average molecular weight is 862 g/mol. The minimum Gasteiger partial charge on any atom is -0.454 e. The minimum atomic E-state index is -0.545. The minimum absolute atomic E-state index is 0.0343. The van der Waals surface area contributed by atoms with Crippen LogP contribution in [0.3, 0.4) is 0 Å². The maximum atomic E-state index is 7.03. The van der Waals surface area contributed by atoms with Crippen LogP contribution in [-0.4, -0.2) is 0 Å². The van der Waals surface area contributed by atoms with Gasteiger partial charge in [-0.05, 0) is 136 Å². The second-order valence-electron chi connectivity index (χ2n) is 20.9. The van der Waals surface area contributed by atoms with Crippen LogP contribution in [0, 0.1) is 0 Å². The molecule has 0 amide bonds. The maximum Gasteiger partial charge on any atom is 0.160 e. The van der Waals surface area contributed by atoms with E-state index in [1.165, 1.54) is 88.3 Å². The fourth-order valence-corrected chi connectivity index (χ4v) is 11.7. The molecule has 0 radical (unpaired) electrons. The lowest BCUT2D eigenvalue weighted by Gasteiger charge is -2.34. The molecule has 2 nitrogen and oxygen atoms in total. The first-order valence-corrected chi connectivity index (χ1v) is 23.7. The summed E-state index contributed by atoms with van der Waals surface area (Å²) in [6.45, 7) is 14.0. The van der Waals surface area contributed by atoms with Crippen LogP contribution in [0.1, 0.15) is 74.9 Å². The highest BCUT2D eigenvalue weighted by Crippen LogP contribution is 2.64. The first-order valence-electron chi connectivity index (χ1n) is 23.7. The van der Waals surface area contributed by atoms with Crippen LogP contribution in [-0.2, 0) is 16.2 Å². The zero-order valence-electron chi connectivity index (χ0n) is 38.9. The van der Waals surface area contributed by atoms with Crippen LogP contribution in [0.2, 0.25) is 0 Å². The number of fused-ring (bicyclic) bond motifs is 16. The first kappa shape index (κ1) is 39.7. The van der Waals surface area contributed by atoms with Gasteiger partial charge in [0.05, 0.1) is 11.1 Å². The fraction of sp³-hybridized carbons (Fsp3) is 0.138. The molecule has 322 valence electrons. The predicted molar refractivity (Wildman–Crippen MR) is 283 cm³/mol. The lowest BCUT2D eigenvalue weighted by atomic mass is 9.68. The summed E-state index contributed by atoms with van der Waals surface area (Å²) in [7, 11) is 0. The molecule has 10 aromatic carbocycles. The molecule has 1 aromatic heterocycles. The number of nitrogens with zero attached hydrogens (tertiary/aromatic N) is 1. The van der Waals surface area contributed by atoms with Gasteiger partial charge in [-0.3, -0.25) is 0 Å². The molecule has 0 saturated heterocycles. The second kappa shape index (κ2) is 14.2. The summed E-state index contributed by atoms with van der Waals surface area (Å²) in [4.78, 5) is 2.45. The topological polar surface area (TPSA) is 16.4 Å². The van der Waals surface area contributed by atoms with Crippen LogP contribution in [0.4, 0.5) is 17.1 Å². The van der Waals surface area contributed by atoms with E-state index < -0.39 is 5.41 Å². The molecule has 11 aromatic rings. The van der Waals surface area contributed by atoms with Crippen LogP contribution in [0.5, 0.6) is 0 Å². The third kappa shape index (κ3) is 5.75. The lowest BCUT2D eigenvalue weighted by molar-refractivity contribution is 0.586. The highest BCUT2D eigenvalue weighted by Gasteiger charge is 2.52. The number of hydrogen-bond donors (Lipinski definition) is 0. The van der Waals surface area contributed by atoms with Crippen molar-refractivity contribution in [3.8, 4) is 33.4 Å². The van der Waals surface area contributed by atoms with Crippen molar-refractivity contribution in [2.75, 3.05) is 4.90 Å². The Kier molecular flexibility index (Phi) is 8.38. The molecule has 13 rings (SSSR count). The second-order valence-corrected chi connectivity index (χ2v) is 20.9. The van der Waals surface area contributed by atoms with Crippen molar-refractivity contribution in [3.05, 3.63) is 234 Å². The van der Waals surface area contributed by atoms with E-state index in [9.17, 15) is 0 Å². The average Bonchev–Trinajstić information content (AvgIpc) is 3.98. The summed E-state index contributed by atoms with van der Waals surface area (Å²) in [6, 6.07) is 75.0. The quantitative estimate of drug-likeness (QED) is 0.175. The number of furan rings is 1. The molecule has 0 bridgehead atoms. The normalized spacial score (nSPS) is 13.6. The molecule has 2 aliphatic rings. The molecule has 1 heterocycles. The van der Waals surface area contributed by atoms with Gasteiger partial charge < -0.3 is 9.32 Å². The van der Waals surface area contributed by atoms with Crippen molar-refractivity contribution in [2.45, 2.75) is 57.8 Å². The largest absolute Gasteiger partial charge is 0.454 e. The Labute approximate surface area is 392 Å². The molecular formula is C65H51NO. The van der Waals surface area contributed by atoms with Crippen molar-refractivity contribution in [3.63, 3.8) is 0 Å². The van der Waals surface area contributed by atoms with E-state index in [2.05, 4.69) is 247 Å². The summed E-state index contributed by atoms with van der Waals surface area (Å²) < 4.78 is 7.03. The van der Waals surface area contributed by atoms with Gasteiger partial charge >= 0.3 is 0 Å². The molecular weight excluding hydrogens is 811 g/mol. The van der Waals surface area contributed by atoms with E-state index in [4.69, 9.17) is 4.42 Å². The third-order valence-electron chi connectivity index (χ3n) is 15.0. The van der Waals surface area contributed by atoms with Gasteiger partial charge in [0.2, 0.25) is 0 Å². The molecule has 1 spiro atoms. The molecule has 0 N–H and O–H groups in total. The molecule has 2 aliphatic carbocycles. The van der Waals surface area contributed by atoms with Gasteiger partial charge in [-0.25, -0.2) is 0 Å². The molecule has 0 atom stereocenters. The SMILES string of the molecule is CC(C)(C)c1ccc2c(c1)C1(c3ccccc3-c3ccc(N(c4ccc(-c5cccc6ccccc56)cc4)c4cc5ccccc5c5c4oc4ccccc45)cc31)c1cc(C(C)(C)C)ccc1-2. The molecule has 0 saturated carbocycles. The van der Waals surface area contributed by atoms with E-state index in [1.54, 1.807) is 0 Å². The van der Waals surface area contributed by atoms with E-state index in [0.717, 1.165) is 39.0 Å². The predicted octanol–water partition coefficient (Wildman–Crippen LogP) is 18.0. The third-order valence-corrected chi connectivity index (χ3v) is 15.0. The van der Waals surface area contributed by atoms with Crippen LogP contribution in [0.25, 0.3) is 76.9 Å². The molecule has 0 fully saturated rings. The highest BCUT2D eigenvalue weighted by molar-refractivity contribution is 6.23. The van der Waals surface area contributed by atoms with Gasteiger partial charge in [-0.1, -0.05) is 205 Å². The van der Waals surface area contributed by atoms with Crippen LogP contribution in [0.15, 0.2) is 205 Å². The number of anilines is 3. The Morgan fingerprint density at radius 1 is 0.388 bits per heavy atom. The summed E-state index contributed by atoms with van der Waals surface area (Å²) in [6.07, 6.45) is 0. The Balaban J connectivity index is 1.11. The Bertz CT molecular complexity index is 3760. The fourth-order valence-electron chi connectivity index (χ4n) is 11.7.